The van der Waals surface area contributed by atoms with Crippen molar-refractivity contribution in [3.63, 3.8) is 0 Å². The van der Waals surface area contributed by atoms with Gasteiger partial charge in [-0.2, -0.15) is 0 Å². The van der Waals surface area contributed by atoms with Crippen LogP contribution in [0, 0.1) is 0 Å². The van der Waals surface area contributed by atoms with Gasteiger partial charge in [0.25, 0.3) is 0 Å². The lowest BCUT2D eigenvalue weighted by molar-refractivity contribution is -0.104. The van der Waals surface area contributed by atoms with Gasteiger partial charge in [-0.15, -0.1) is 0 Å². The molecule has 0 radical (unpaired) electrons. The molecule has 2 aromatic heterocycles. The number of furan rings is 1. The Morgan fingerprint density at radius 3 is 2.84 bits per heavy atom. The van der Waals surface area contributed by atoms with Gasteiger partial charge in [-0.05, 0) is 30.3 Å². The molecule has 2 rings (SSSR count). The Bertz CT molecular complexity index is 621. The summed E-state index contributed by atoms with van der Waals surface area (Å²) in [6, 6.07) is 9.10. The zero-order valence-corrected chi connectivity index (χ0v) is 11.4. The molecule has 0 unspecified atom stereocenters. The smallest absolute Gasteiger partial charge is 0.156 e. The van der Waals surface area contributed by atoms with Gasteiger partial charge in [-0.3, -0.25) is 9.78 Å². The van der Waals surface area contributed by atoms with Gasteiger partial charge < -0.3 is 10.2 Å². The number of hydrogen-bond donors (Lipinski definition) is 1. The van der Waals surface area contributed by atoms with Crippen LogP contribution in [0.25, 0.3) is 17.5 Å². The second-order valence-corrected chi connectivity index (χ2v) is 5.32. The van der Waals surface area contributed by atoms with E-state index in [2.05, 4.69) is 4.98 Å². The maximum Gasteiger partial charge on any atom is 0.156 e. The lowest BCUT2D eigenvalue weighted by atomic mass is 10.3. The Morgan fingerprint density at radius 2 is 2.21 bits per heavy atom. The van der Waals surface area contributed by atoms with E-state index in [4.69, 9.17) is 22.4 Å². The normalized spacial score (nSPS) is 11.3. The fourth-order valence-electron chi connectivity index (χ4n) is 1.42. The summed E-state index contributed by atoms with van der Waals surface area (Å²) in [5.74, 6) is 1.18. The highest BCUT2D eigenvalue weighted by atomic mass is 32.2. The molecule has 0 fully saturated rings. The third kappa shape index (κ3) is 3.77. The Hall–Kier alpha value is -1.92. The highest BCUT2D eigenvalue weighted by molar-refractivity contribution is 8.26. The summed E-state index contributed by atoms with van der Waals surface area (Å²) >= 11 is 5.76. The van der Waals surface area contributed by atoms with Crippen LogP contribution in [0.1, 0.15) is 5.76 Å². The van der Waals surface area contributed by atoms with Gasteiger partial charge >= 0.3 is 0 Å². The molecule has 0 spiro atoms. The molecule has 0 aliphatic rings. The standard InChI is InChI=1S/C13H10N2O2S2/c14-13(18)19-10(8-16)7-9-4-5-12(17-9)11-3-1-2-6-15-11/h1-8H,(H2,14,18)/b10-7-. The lowest BCUT2D eigenvalue weighted by Gasteiger charge is -1.96. The van der Waals surface area contributed by atoms with Gasteiger partial charge in [0, 0.05) is 6.20 Å². The van der Waals surface area contributed by atoms with Crippen molar-refractivity contribution in [3.05, 3.63) is 47.2 Å². The van der Waals surface area contributed by atoms with Crippen molar-refractivity contribution in [1.82, 2.24) is 4.98 Å². The summed E-state index contributed by atoms with van der Waals surface area (Å²) in [6.07, 6.45) is 3.96. The number of hydrogen-bond acceptors (Lipinski definition) is 5. The van der Waals surface area contributed by atoms with Gasteiger partial charge in [-0.1, -0.05) is 30.0 Å². The van der Waals surface area contributed by atoms with Crippen LogP contribution in [-0.4, -0.2) is 15.6 Å². The Morgan fingerprint density at radius 1 is 1.37 bits per heavy atom. The quantitative estimate of drug-likeness (QED) is 0.530. The van der Waals surface area contributed by atoms with Gasteiger partial charge in [0.05, 0.1) is 4.91 Å². The molecule has 0 aliphatic carbocycles. The zero-order valence-electron chi connectivity index (χ0n) is 9.78. The molecule has 2 N–H and O–H groups in total. The molecule has 19 heavy (non-hydrogen) atoms. The summed E-state index contributed by atoms with van der Waals surface area (Å²) in [5.41, 5.74) is 6.11. The minimum atomic E-state index is 0.190. The lowest BCUT2D eigenvalue weighted by Crippen LogP contribution is -2.02. The van der Waals surface area contributed by atoms with Crippen LogP contribution < -0.4 is 5.73 Å². The Kier molecular flexibility index (Phi) is 4.48. The van der Waals surface area contributed by atoms with Crippen LogP contribution in [0.5, 0.6) is 0 Å². The number of carbonyl (C=O) groups excluding carboxylic acids is 1. The van der Waals surface area contributed by atoms with Crippen molar-refractivity contribution in [1.29, 1.82) is 0 Å². The predicted molar refractivity (Wildman–Crippen MR) is 80.4 cm³/mol. The van der Waals surface area contributed by atoms with Crippen molar-refractivity contribution in [2.45, 2.75) is 0 Å². The van der Waals surface area contributed by atoms with Crippen LogP contribution in [0.3, 0.4) is 0 Å². The fraction of sp³-hybridized carbons (Fsp3) is 0. The van der Waals surface area contributed by atoms with Crippen LogP contribution in [0.2, 0.25) is 0 Å². The van der Waals surface area contributed by atoms with E-state index >= 15 is 0 Å². The number of allylic oxidation sites excluding steroid dienone is 1. The third-order valence-corrected chi connectivity index (χ3v) is 3.06. The summed E-state index contributed by atoms with van der Waals surface area (Å²) in [7, 11) is 0. The molecule has 0 saturated carbocycles. The van der Waals surface area contributed by atoms with Crippen molar-refractivity contribution in [3.8, 4) is 11.5 Å². The zero-order chi connectivity index (χ0) is 13.7. The second-order valence-electron chi connectivity index (χ2n) is 3.50. The van der Waals surface area contributed by atoms with Crippen molar-refractivity contribution < 1.29 is 9.21 Å². The van der Waals surface area contributed by atoms with Gasteiger partial charge in [0.1, 0.15) is 15.8 Å². The molecule has 0 atom stereocenters. The van der Waals surface area contributed by atoms with E-state index < -0.39 is 0 Å². The number of thioether (sulfide) groups is 1. The van der Waals surface area contributed by atoms with Crippen molar-refractivity contribution in [2.24, 2.45) is 5.73 Å². The molecule has 96 valence electrons. The van der Waals surface area contributed by atoms with E-state index in [0.29, 0.717) is 22.7 Å². The van der Waals surface area contributed by atoms with E-state index in [1.165, 1.54) is 0 Å². The number of nitrogens with two attached hydrogens (primary N) is 1. The minimum absolute atomic E-state index is 0.190. The number of rotatable bonds is 4. The maximum absolute atomic E-state index is 10.9. The number of aromatic nitrogens is 1. The van der Waals surface area contributed by atoms with Crippen molar-refractivity contribution in [2.75, 3.05) is 0 Å². The first kappa shape index (κ1) is 13.5. The Labute approximate surface area is 119 Å². The molecular formula is C13H10N2O2S2. The van der Waals surface area contributed by atoms with E-state index in [0.717, 1.165) is 17.5 Å². The van der Waals surface area contributed by atoms with Crippen LogP contribution in [-0.2, 0) is 4.79 Å². The molecule has 0 aromatic carbocycles. The largest absolute Gasteiger partial charge is 0.455 e. The summed E-state index contributed by atoms with van der Waals surface area (Å²) in [4.78, 5) is 15.4. The number of thiocarbonyl (C=S) groups is 1. The van der Waals surface area contributed by atoms with Crippen LogP contribution in [0.15, 0.2) is 45.9 Å². The predicted octanol–water partition coefficient (Wildman–Crippen LogP) is 2.86. The third-order valence-electron chi connectivity index (χ3n) is 2.16. The van der Waals surface area contributed by atoms with Gasteiger partial charge in [0.15, 0.2) is 12.0 Å². The molecule has 0 aliphatic heterocycles. The molecule has 0 bridgehead atoms. The van der Waals surface area contributed by atoms with Gasteiger partial charge in [-0.25, -0.2) is 0 Å². The molecule has 2 aromatic rings. The average Bonchev–Trinajstić information content (AvgIpc) is 2.87. The molecule has 2 heterocycles. The number of pyridine rings is 1. The number of aldehydes is 1. The summed E-state index contributed by atoms with van der Waals surface area (Å²) in [5, 5.41) is 0. The number of nitrogens with zero attached hydrogens (tertiary/aromatic N) is 1. The first-order valence-corrected chi connectivity index (χ1v) is 6.57. The second kappa shape index (κ2) is 6.31. The van der Waals surface area contributed by atoms with Crippen LogP contribution >= 0.6 is 24.0 Å². The molecule has 4 nitrogen and oxygen atoms in total. The van der Waals surface area contributed by atoms with E-state index in [1.807, 2.05) is 18.2 Å². The first-order chi connectivity index (χ1) is 9.19. The highest BCUT2D eigenvalue weighted by Crippen LogP contribution is 2.23. The summed E-state index contributed by atoms with van der Waals surface area (Å²) in [6.45, 7) is 0. The highest BCUT2D eigenvalue weighted by Gasteiger charge is 2.06. The first-order valence-electron chi connectivity index (χ1n) is 5.34. The van der Waals surface area contributed by atoms with Gasteiger partial charge in [0.2, 0.25) is 0 Å². The van der Waals surface area contributed by atoms with E-state index in [9.17, 15) is 4.79 Å². The van der Waals surface area contributed by atoms with E-state index in [-0.39, 0.29) is 4.32 Å². The Balaban J connectivity index is 2.24. The van der Waals surface area contributed by atoms with Crippen LogP contribution in [0.4, 0.5) is 0 Å². The molecule has 6 heteroatoms. The SMILES string of the molecule is NC(=S)S/C(C=O)=C\c1ccc(-c2ccccn2)o1. The summed E-state index contributed by atoms with van der Waals surface area (Å²) < 4.78 is 5.78. The minimum Gasteiger partial charge on any atom is -0.455 e. The number of carbonyl (C=O) groups is 1. The topological polar surface area (TPSA) is 69.1 Å². The average molecular weight is 290 g/mol. The molecule has 0 saturated heterocycles. The monoisotopic (exact) mass is 290 g/mol. The maximum atomic E-state index is 10.9. The molecule has 0 amide bonds. The molecular weight excluding hydrogens is 280 g/mol. The van der Waals surface area contributed by atoms with E-state index in [1.54, 1.807) is 24.4 Å². The van der Waals surface area contributed by atoms with Crippen molar-refractivity contribution >= 4 is 40.7 Å². The fourth-order valence-corrected chi connectivity index (χ4v) is 2.16.